The minimum absolute atomic E-state index is 0.157. The molecule has 3 aromatic rings. The number of guanidine groups is 1. The standard InChI is InChI=1S/C16H13ClN4O2S/c17-21(16(18)19)15-10-20-9-11-8-13(6-7-14(11)15)24(22,23)12-4-2-1-3-5-12/h1-10H,(H3,18,19). The number of aromatic nitrogens is 1. The van der Waals surface area contributed by atoms with Gasteiger partial charge in [0.05, 0.1) is 21.7 Å². The SMILES string of the molecule is N=C(N)N(Cl)c1cncc2cc(S(=O)(=O)c3ccccc3)ccc12. The van der Waals surface area contributed by atoms with Gasteiger partial charge in [-0.2, -0.15) is 0 Å². The third kappa shape index (κ3) is 2.79. The summed E-state index contributed by atoms with van der Waals surface area (Å²) in [5, 5.41) is 8.64. The van der Waals surface area contributed by atoms with E-state index in [-0.39, 0.29) is 15.8 Å². The molecule has 0 aliphatic rings. The fraction of sp³-hybridized carbons (Fsp3) is 0. The van der Waals surface area contributed by atoms with E-state index in [1.54, 1.807) is 36.4 Å². The number of nitrogens with one attached hydrogen (secondary N) is 1. The smallest absolute Gasteiger partial charge is 0.208 e. The van der Waals surface area contributed by atoms with Crippen molar-refractivity contribution in [3.05, 3.63) is 60.9 Å². The zero-order valence-electron chi connectivity index (χ0n) is 12.3. The van der Waals surface area contributed by atoms with Crippen molar-refractivity contribution < 1.29 is 8.42 Å². The summed E-state index contributed by atoms with van der Waals surface area (Å²) in [4.78, 5) is 4.41. The molecule has 0 saturated heterocycles. The molecule has 24 heavy (non-hydrogen) atoms. The second-order valence-electron chi connectivity index (χ2n) is 5.02. The molecular formula is C16H13ClN4O2S. The third-order valence-corrected chi connectivity index (χ3v) is 5.63. The average Bonchev–Trinajstić information content (AvgIpc) is 2.60. The first kappa shape index (κ1) is 16.2. The average molecular weight is 361 g/mol. The second kappa shape index (κ2) is 6.10. The van der Waals surface area contributed by atoms with Crippen LogP contribution in [0.1, 0.15) is 0 Å². The number of hydrogen-bond donors (Lipinski definition) is 2. The van der Waals surface area contributed by atoms with Crippen molar-refractivity contribution in [2.24, 2.45) is 5.73 Å². The van der Waals surface area contributed by atoms with Gasteiger partial charge in [0, 0.05) is 28.7 Å². The summed E-state index contributed by atoms with van der Waals surface area (Å²) in [6, 6.07) is 12.8. The van der Waals surface area contributed by atoms with Crippen LogP contribution in [0, 0.1) is 5.41 Å². The Kier molecular flexibility index (Phi) is 4.13. The predicted octanol–water partition coefficient (Wildman–Crippen LogP) is 2.92. The Labute approximate surface area is 144 Å². The maximum Gasteiger partial charge on any atom is 0.208 e. The lowest BCUT2D eigenvalue weighted by atomic mass is 10.1. The van der Waals surface area contributed by atoms with Crippen LogP contribution in [0.2, 0.25) is 0 Å². The molecule has 0 saturated carbocycles. The number of nitrogens with two attached hydrogens (primary N) is 1. The Morgan fingerprint density at radius 3 is 2.46 bits per heavy atom. The van der Waals surface area contributed by atoms with Gasteiger partial charge in [-0.3, -0.25) is 10.4 Å². The topological polar surface area (TPSA) is 100 Å². The zero-order chi connectivity index (χ0) is 17.3. The van der Waals surface area contributed by atoms with E-state index in [0.717, 1.165) is 4.42 Å². The summed E-state index contributed by atoms with van der Waals surface area (Å²) in [7, 11) is -3.62. The number of sulfone groups is 1. The van der Waals surface area contributed by atoms with Crippen LogP contribution in [-0.4, -0.2) is 19.4 Å². The van der Waals surface area contributed by atoms with Gasteiger partial charge in [0.15, 0.2) is 0 Å². The van der Waals surface area contributed by atoms with Gasteiger partial charge >= 0.3 is 0 Å². The minimum Gasteiger partial charge on any atom is -0.369 e. The number of rotatable bonds is 3. The Hall–Kier alpha value is -2.64. The number of nitrogens with zero attached hydrogens (tertiary/aromatic N) is 2. The molecule has 1 heterocycles. The van der Waals surface area contributed by atoms with Crippen molar-refractivity contribution in [2.45, 2.75) is 9.79 Å². The van der Waals surface area contributed by atoms with E-state index in [2.05, 4.69) is 4.98 Å². The molecule has 0 aliphatic heterocycles. The van der Waals surface area contributed by atoms with Crippen LogP contribution < -0.4 is 10.2 Å². The Balaban J connectivity index is 2.16. The van der Waals surface area contributed by atoms with E-state index in [1.807, 2.05) is 0 Å². The number of hydrogen-bond acceptors (Lipinski definition) is 4. The van der Waals surface area contributed by atoms with E-state index in [4.69, 9.17) is 22.9 Å². The van der Waals surface area contributed by atoms with E-state index < -0.39 is 9.84 Å². The first-order chi connectivity index (χ1) is 11.4. The minimum atomic E-state index is -3.62. The van der Waals surface area contributed by atoms with Crippen molar-refractivity contribution >= 4 is 44.0 Å². The summed E-state index contributed by atoms with van der Waals surface area (Å²) in [5.74, 6) is -0.355. The van der Waals surface area contributed by atoms with Crippen LogP contribution in [0.5, 0.6) is 0 Å². The molecule has 0 radical (unpaired) electrons. The van der Waals surface area contributed by atoms with Crippen molar-refractivity contribution in [3.63, 3.8) is 0 Å². The van der Waals surface area contributed by atoms with Gasteiger partial charge in [-0.05, 0) is 24.3 Å². The lowest BCUT2D eigenvalue weighted by molar-refractivity contribution is 0.596. The Morgan fingerprint density at radius 1 is 1.08 bits per heavy atom. The second-order valence-corrected chi connectivity index (χ2v) is 7.31. The predicted molar refractivity (Wildman–Crippen MR) is 93.9 cm³/mol. The molecule has 6 nitrogen and oxygen atoms in total. The van der Waals surface area contributed by atoms with Crippen molar-refractivity contribution in [1.82, 2.24) is 4.98 Å². The number of benzene rings is 2. The van der Waals surface area contributed by atoms with Crippen LogP contribution in [-0.2, 0) is 9.84 Å². The number of anilines is 1. The first-order valence-corrected chi connectivity index (χ1v) is 8.71. The van der Waals surface area contributed by atoms with Crippen LogP contribution in [0.25, 0.3) is 10.8 Å². The van der Waals surface area contributed by atoms with Gasteiger partial charge in [-0.1, -0.05) is 24.3 Å². The molecule has 0 fully saturated rings. The zero-order valence-corrected chi connectivity index (χ0v) is 13.9. The molecule has 0 atom stereocenters. The van der Waals surface area contributed by atoms with Crippen LogP contribution >= 0.6 is 11.8 Å². The molecule has 0 unspecified atom stereocenters. The molecule has 8 heteroatoms. The molecule has 2 aromatic carbocycles. The monoisotopic (exact) mass is 360 g/mol. The fourth-order valence-electron chi connectivity index (χ4n) is 2.33. The van der Waals surface area contributed by atoms with Gasteiger partial charge in [0.1, 0.15) is 0 Å². The van der Waals surface area contributed by atoms with E-state index in [1.165, 1.54) is 24.5 Å². The molecule has 1 aromatic heterocycles. The van der Waals surface area contributed by atoms with Crippen LogP contribution in [0.15, 0.2) is 70.7 Å². The van der Waals surface area contributed by atoms with Gasteiger partial charge in [-0.25, -0.2) is 12.8 Å². The summed E-state index contributed by atoms with van der Waals surface area (Å²) in [5.41, 5.74) is 5.80. The molecular weight excluding hydrogens is 348 g/mol. The fourth-order valence-corrected chi connectivity index (χ4v) is 3.78. The van der Waals surface area contributed by atoms with Gasteiger partial charge < -0.3 is 5.73 Å². The molecule has 3 N–H and O–H groups in total. The highest BCUT2D eigenvalue weighted by molar-refractivity contribution is 7.91. The molecule has 0 amide bonds. The van der Waals surface area contributed by atoms with Gasteiger partial charge in [-0.15, -0.1) is 0 Å². The van der Waals surface area contributed by atoms with Crippen molar-refractivity contribution in [2.75, 3.05) is 4.42 Å². The van der Waals surface area contributed by atoms with Crippen molar-refractivity contribution in [1.29, 1.82) is 5.41 Å². The Bertz CT molecular complexity index is 1020. The number of pyridine rings is 1. The summed E-state index contributed by atoms with van der Waals surface area (Å²) in [6.45, 7) is 0. The largest absolute Gasteiger partial charge is 0.369 e. The lowest BCUT2D eigenvalue weighted by Crippen LogP contribution is -2.28. The number of fused-ring (bicyclic) bond motifs is 1. The van der Waals surface area contributed by atoms with Crippen molar-refractivity contribution in [3.8, 4) is 0 Å². The van der Waals surface area contributed by atoms with Crippen LogP contribution in [0.4, 0.5) is 5.69 Å². The summed E-state index contributed by atoms with van der Waals surface area (Å²) >= 11 is 5.97. The molecule has 0 aliphatic carbocycles. The maximum atomic E-state index is 12.7. The first-order valence-electron chi connectivity index (χ1n) is 6.89. The third-order valence-electron chi connectivity index (χ3n) is 3.50. The van der Waals surface area contributed by atoms with E-state index >= 15 is 0 Å². The molecule has 0 bridgehead atoms. The van der Waals surface area contributed by atoms with Gasteiger partial charge in [0.25, 0.3) is 0 Å². The number of halogens is 1. The Morgan fingerprint density at radius 2 is 1.79 bits per heavy atom. The van der Waals surface area contributed by atoms with E-state index in [9.17, 15) is 8.42 Å². The van der Waals surface area contributed by atoms with Crippen LogP contribution in [0.3, 0.4) is 0 Å². The normalized spacial score (nSPS) is 11.4. The maximum absolute atomic E-state index is 12.7. The lowest BCUT2D eigenvalue weighted by Gasteiger charge is -2.15. The molecule has 0 spiro atoms. The van der Waals surface area contributed by atoms with E-state index in [0.29, 0.717) is 16.5 Å². The summed E-state index contributed by atoms with van der Waals surface area (Å²) in [6.07, 6.45) is 3.00. The van der Waals surface area contributed by atoms with Gasteiger partial charge in [0.2, 0.25) is 15.8 Å². The highest BCUT2D eigenvalue weighted by Gasteiger charge is 2.19. The molecule has 3 rings (SSSR count). The summed E-state index contributed by atoms with van der Waals surface area (Å²) < 4.78 is 26.3. The highest BCUT2D eigenvalue weighted by Crippen LogP contribution is 2.30. The highest BCUT2D eigenvalue weighted by atomic mass is 35.5. The quantitative estimate of drug-likeness (QED) is 0.425. The molecule has 122 valence electrons.